The van der Waals surface area contributed by atoms with Gasteiger partial charge in [-0.05, 0) is 31.4 Å². The van der Waals surface area contributed by atoms with Crippen molar-refractivity contribution in [1.82, 2.24) is 20.1 Å². The van der Waals surface area contributed by atoms with Crippen molar-refractivity contribution in [3.63, 3.8) is 0 Å². The minimum Gasteiger partial charge on any atom is -0.355 e. The molecule has 0 bridgehead atoms. The van der Waals surface area contributed by atoms with Gasteiger partial charge in [-0.25, -0.2) is 0 Å². The Labute approximate surface area is 143 Å². The normalized spacial score (nSPS) is 16.9. The molecule has 1 aromatic heterocycles. The van der Waals surface area contributed by atoms with Gasteiger partial charge in [0.25, 0.3) is 0 Å². The van der Waals surface area contributed by atoms with Crippen LogP contribution in [-0.2, 0) is 11.2 Å². The fourth-order valence-electron chi connectivity index (χ4n) is 3.02. The van der Waals surface area contributed by atoms with E-state index < -0.39 is 6.04 Å². The van der Waals surface area contributed by atoms with Gasteiger partial charge >= 0.3 is 0 Å². The molecular weight excluding hydrogens is 310 g/mol. The summed E-state index contributed by atoms with van der Waals surface area (Å²) in [6, 6.07) is 0.117. The summed E-state index contributed by atoms with van der Waals surface area (Å²) in [5.74, 6) is 1.13. The fourth-order valence-corrected chi connectivity index (χ4v) is 3.60. The van der Waals surface area contributed by atoms with E-state index in [4.69, 9.17) is 5.73 Å². The molecule has 1 atom stereocenters. The molecule has 0 radical (unpaired) electrons. The summed E-state index contributed by atoms with van der Waals surface area (Å²) >= 11 is 1.66. The average molecular weight is 340 g/mol. The van der Waals surface area contributed by atoms with Gasteiger partial charge in [-0.2, -0.15) is 0 Å². The van der Waals surface area contributed by atoms with Crippen molar-refractivity contribution < 1.29 is 4.79 Å². The number of rotatable bonds is 8. The van der Waals surface area contributed by atoms with Crippen LogP contribution in [-0.4, -0.2) is 39.5 Å². The lowest BCUT2D eigenvalue weighted by Crippen LogP contribution is -2.44. The number of nitrogens with two attached hydrogens (primary N) is 1. The van der Waals surface area contributed by atoms with Crippen LogP contribution in [0.25, 0.3) is 0 Å². The van der Waals surface area contributed by atoms with E-state index in [1.807, 2.05) is 20.1 Å². The molecule has 1 heterocycles. The lowest BCUT2D eigenvalue weighted by molar-refractivity contribution is -0.123. The van der Waals surface area contributed by atoms with Crippen molar-refractivity contribution in [3.8, 4) is 0 Å². The van der Waals surface area contributed by atoms with Crippen molar-refractivity contribution in [2.45, 2.75) is 69.6 Å². The SMILES string of the molecule is CSc1nnc(CCCNC(=O)[C@@H](N)C(C)C)n1C1CCCC1. The number of carbonyl (C=O) groups is 1. The third-order valence-electron chi connectivity index (χ3n) is 4.50. The van der Waals surface area contributed by atoms with E-state index >= 15 is 0 Å². The molecule has 1 saturated carbocycles. The summed E-state index contributed by atoms with van der Waals surface area (Å²) < 4.78 is 2.32. The molecule has 23 heavy (non-hydrogen) atoms. The maximum absolute atomic E-state index is 11.8. The summed E-state index contributed by atoms with van der Waals surface area (Å²) in [6.45, 7) is 4.54. The van der Waals surface area contributed by atoms with Gasteiger partial charge in [0, 0.05) is 19.0 Å². The molecule has 0 aliphatic heterocycles. The monoisotopic (exact) mass is 339 g/mol. The second kappa shape index (κ2) is 8.68. The molecular formula is C16H29N5OS. The first kappa shape index (κ1) is 18.3. The van der Waals surface area contributed by atoms with Crippen molar-refractivity contribution in [3.05, 3.63) is 5.82 Å². The molecule has 1 aromatic rings. The first-order valence-electron chi connectivity index (χ1n) is 8.55. The second-order valence-electron chi connectivity index (χ2n) is 6.58. The standard InChI is InChI=1S/C16H29N5OS/c1-11(2)14(17)15(22)18-10-6-9-13-19-20-16(23-3)21(13)12-7-4-5-8-12/h11-12,14H,4-10,17H2,1-3H3,(H,18,22)/t14-/m0/s1. The lowest BCUT2D eigenvalue weighted by atomic mass is 10.1. The molecule has 1 amide bonds. The second-order valence-corrected chi connectivity index (χ2v) is 7.35. The average Bonchev–Trinajstić information content (AvgIpc) is 3.18. The maximum atomic E-state index is 11.8. The van der Waals surface area contributed by atoms with Crippen LogP contribution < -0.4 is 11.1 Å². The topological polar surface area (TPSA) is 85.8 Å². The number of aryl methyl sites for hydroxylation is 1. The highest BCUT2D eigenvalue weighted by Gasteiger charge is 2.23. The minimum absolute atomic E-state index is 0.0675. The fraction of sp³-hybridized carbons (Fsp3) is 0.812. The van der Waals surface area contributed by atoms with Crippen LogP contribution in [0.4, 0.5) is 0 Å². The molecule has 2 rings (SSSR count). The van der Waals surface area contributed by atoms with Gasteiger partial charge in [-0.1, -0.05) is 38.5 Å². The Hall–Kier alpha value is -1.08. The van der Waals surface area contributed by atoms with Crippen LogP contribution in [0.5, 0.6) is 0 Å². The molecule has 1 aliphatic rings. The Morgan fingerprint density at radius 1 is 1.39 bits per heavy atom. The Morgan fingerprint density at radius 3 is 2.70 bits per heavy atom. The first-order chi connectivity index (χ1) is 11.0. The molecule has 0 saturated heterocycles. The lowest BCUT2D eigenvalue weighted by Gasteiger charge is -2.17. The number of hydrogen-bond donors (Lipinski definition) is 2. The first-order valence-corrected chi connectivity index (χ1v) is 9.78. The number of thioether (sulfide) groups is 1. The van der Waals surface area contributed by atoms with Crippen LogP contribution in [0.15, 0.2) is 5.16 Å². The maximum Gasteiger partial charge on any atom is 0.237 e. The van der Waals surface area contributed by atoms with Crippen LogP contribution >= 0.6 is 11.8 Å². The quantitative estimate of drug-likeness (QED) is 0.560. The van der Waals surface area contributed by atoms with E-state index in [1.54, 1.807) is 11.8 Å². The van der Waals surface area contributed by atoms with Gasteiger partial charge in [0.2, 0.25) is 5.91 Å². The molecule has 7 heteroatoms. The van der Waals surface area contributed by atoms with Gasteiger partial charge in [-0.15, -0.1) is 10.2 Å². The number of hydrogen-bond acceptors (Lipinski definition) is 5. The van der Waals surface area contributed by atoms with Crippen LogP contribution in [0.1, 0.15) is 57.8 Å². The Bertz CT molecular complexity index is 511. The smallest absolute Gasteiger partial charge is 0.237 e. The van der Waals surface area contributed by atoms with Gasteiger partial charge in [0.05, 0.1) is 6.04 Å². The van der Waals surface area contributed by atoms with Gasteiger partial charge in [0.1, 0.15) is 5.82 Å². The summed E-state index contributed by atoms with van der Waals surface area (Å²) in [5, 5.41) is 12.6. The largest absolute Gasteiger partial charge is 0.355 e. The summed E-state index contributed by atoms with van der Waals surface area (Å²) in [5.41, 5.74) is 5.84. The molecule has 130 valence electrons. The van der Waals surface area contributed by atoms with E-state index in [2.05, 4.69) is 20.1 Å². The number of carbonyl (C=O) groups excluding carboxylic acids is 1. The van der Waals surface area contributed by atoms with Gasteiger partial charge in [0.15, 0.2) is 5.16 Å². The molecule has 1 fully saturated rings. The number of nitrogens with zero attached hydrogens (tertiary/aromatic N) is 3. The number of amides is 1. The molecule has 6 nitrogen and oxygen atoms in total. The summed E-state index contributed by atoms with van der Waals surface area (Å²) in [6.07, 6.45) is 8.76. The van der Waals surface area contributed by atoms with E-state index in [9.17, 15) is 4.79 Å². The van der Waals surface area contributed by atoms with E-state index in [1.165, 1.54) is 25.7 Å². The minimum atomic E-state index is -0.430. The Balaban J connectivity index is 1.86. The molecule has 0 unspecified atom stereocenters. The predicted octanol–water partition coefficient (Wildman–Crippen LogP) is 2.15. The zero-order chi connectivity index (χ0) is 16.8. The molecule has 0 spiro atoms. The highest BCUT2D eigenvalue weighted by atomic mass is 32.2. The summed E-state index contributed by atoms with van der Waals surface area (Å²) in [4.78, 5) is 11.8. The number of aromatic nitrogens is 3. The number of nitrogens with one attached hydrogen (secondary N) is 1. The van der Waals surface area contributed by atoms with Crippen molar-refractivity contribution in [2.75, 3.05) is 12.8 Å². The highest BCUT2D eigenvalue weighted by Crippen LogP contribution is 2.33. The van der Waals surface area contributed by atoms with Crippen molar-refractivity contribution >= 4 is 17.7 Å². The van der Waals surface area contributed by atoms with Crippen LogP contribution in [0, 0.1) is 5.92 Å². The summed E-state index contributed by atoms with van der Waals surface area (Å²) in [7, 11) is 0. The zero-order valence-electron chi connectivity index (χ0n) is 14.4. The Morgan fingerprint density at radius 2 is 2.09 bits per heavy atom. The van der Waals surface area contributed by atoms with Crippen LogP contribution in [0.2, 0.25) is 0 Å². The van der Waals surface area contributed by atoms with E-state index in [0.29, 0.717) is 12.6 Å². The molecule has 0 aromatic carbocycles. The third-order valence-corrected chi connectivity index (χ3v) is 5.15. The molecule has 1 aliphatic carbocycles. The van der Waals surface area contributed by atoms with Crippen LogP contribution in [0.3, 0.4) is 0 Å². The highest BCUT2D eigenvalue weighted by molar-refractivity contribution is 7.98. The van der Waals surface area contributed by atoms with Crippen molar-refractivity contribution in [2.24, 2.45) is 11.7 Å². The van der Waals surface area contributed by atoms with Crippen molar-refractivity contribution in [1.29, 1.82) is 0 Å². The Kier molecular flexibility index (Phi) is 6.89. The molecule has 3 N–H and O–H groups in total. The van der Waals surface area contributed by atoms with Gasteiger partial charge in [-0.3, -0.25) is 4.79 Å². The van der Waals surface area contributed by atoms with Gasteiger partial charge < -0.3 is 15.6 Å². The van der Waals surface area contributed by atoms with E-state index in [-0.39, 0.29) is 11.8 Å². The van der Waals surface area contributed by atoms with E-state index in [0.717, 1.165) is 23.8 Å². The third kappa shape index (κ3) is 4.70. The zero-order valence-corrected chi connectivity index (χ0v) is 15.2. The predicted molar refractivity (Wildman–Crippen MR) is 93.5 cm³/mol.